The summed E-state index contributed by atoms with van der Waals surface area (Å²) in [6.07, 6.45) is 2.06. The van der Waals surface area contributed by atoms with Crippen LogP contribution in [0.1, 0.15) is 6.42 Å². The molecule has 0 unspecified atom stereocenters. The first-order valence-corrected chi connectivity index (χ1v) is 4.17. The van der Waals surface area contributed by atoms with Gasteiger partial charge in [-0.05, 0) is 6.42 Å². The minimum atomic E-state index is -0.941. The van der Waals surface area contributed by atoms with Gasteiger partial charge in [0.25, 0.3) is 0 Å². The molecule has 0 amide bonds. The van der Waals surface area contributed by atoms with Crippen molar-refractivity contribution in [3.8, 4) is 0 Å². The quantitative estimate of drug-likeness (QED) is 0.357. The van der Waals surface area contributed by atoms with E-state index in [2.05, 4.69) is 6.58 Å². The average molecular weight is 182 g/mol. The van der Waals surface area contributed by atoms with Gasteiger partial charge in [-0.25, -0.2) is 0 Å². The fourth-order valence-electron chi connectivity index (χ4n) is 1.68. The second-order valence-corrected chi connectivity index (χ2v) is 3.36. The molecule has 0 aromatic carbocycles. The summed E-state index contributed by atoms with van der Waals surface area (Å²) >= 11 is 0. The van der Waals surface area contributed by atoms with Crippen LogP contribution in [0.5, 0.6) is 0 Å². The monoisotopic (exact) mass is 182 g/mol. The summed E-state index contributed by atoms with van der Waals surface area (Å²) < 4.78 is 9.59. The van der Waals surface area contributed by atoms with Crippen molar-refractivity contribution in [3.05, 3.63) is 12.7 Å². The number of cyclic esters (lactones) is 1. The largest absolute Gasteiger partial charge is 0.464 e. The zero-order valence-corrected chi connectivity index (χ0v) is 7.12. The number of carbonyl (C=O) groups is 2. The van der Waals surface area contributed by atoms with Crippen molar-refractivity contribution in [2.24, 2.45) is 11.3 Å². The normalized spacial score (nSPS) is 34.8. The Balaban J connectivity index is 2.04. The van der Waals surface area contributed by atoms with Crippen molar-refractivity contribution < 1.29 is 19.1 Å². The standard InChI is InChI=1S/C9H10O4/c1-2-3-12-7(10)9-4-6(9)5-13-8(9)11/h2,6H,1,3-5H2/t6-,9-/m0/s1. The summed E-state index contributed by atoms with van der Waals surface area (Å²) in [7, 11) is 0. The molecule has 4 heteroatoms. The van der Waals surface area contributed by atoms with E-state index >= 15 is 0 Å². The van der Waals surface area contributed by atoms with Gasteiger partial charge in [0.15, 0.2) is 5.41 Å². The maximum atomic E-state index is 11.4. The molecule has 0 spiro atoms. The average Bonchev–Trinajstić information content (AvgIpc) is 2.79. The summed E-state index contributed by atoms with van der Waals surface area (Å²) in [5.74, 6) is -0.830. The first kappa shape index (κ1) is 8.29. The third-order valence-electron chi connectivity index (χ3n) is 2.58. The van der Waals surface area contributed by atoms with E-state index in [9.17, 15) is 9.59 Å². The van der Waals surface area contributed by atoms with E-state index in [0.717, 1.165) is 0 Å². The first-order valence-electron chi connectivity index (χ1n) is 4.17. The van der Waals surface area contributed by atoms with Crippen molar-refractivity contribution in [2.75, 3.05) is 13.2 Å². The molecule has 0 aromatic heterocycles. The summed E-state index contributed by atoms with van der Waals surface area (Å²) in [6.45, 7) is 3.94. The van der Waals surface area contributed by atoms with Gasteiger partial charge >= 0.3 is 11.9 Å². The molecule has 1 aliphatic heterocycles. The Bertz CT molecular complexity index is 283. The van der Waals surface area contributed by atoms with Gasteiger partial charge in [-0.15, -0.1) is 0 Å². The lowest BCUT2D eigenvalue weighted by Gasteiger charge is -2.07. The second kappa shape index (κ2) is 2.58. The molecule has 2 rings (SSSR count). The van der Waals surface area contributed by atoms with Crippen LogP contribution in [0, 0.1) is 11.3 Å². The van der Waals surface area contributed by atoms with Gasteiger partial charge in [0.2, 0.25) is 0 Å². The molecule has 0 N–H and O–H groups in total. The maximum Gasteiger partial charge on any atom is 0.324 e. The number of hydrogen-bond acceptors (Lipinski definition) is 4. The van der Waals surface area contributed by atoms with E-state index in [1.165, 1.54) is 6.08 Å². The van der Waals surface area contributed by atoms with E-state index < -0.39 is 17.4 Å². The van der Waals surface area contributed by atoms with E-state index in [4.69, 9.17) is 9.47 Å². The van der Waals surface area contributed by atoms with Crippen LogP contribution >= 0.6 is 0 Å². The highest BCUT2D eigenvalue weighted by molar-refractivity contribution is 6.05. The summed E-state index contributed by atoms with van der Waals surface area (Å²) in [6, 6.07) is 0. The summed E-state index contributed by atoms with van der Waals surface area (Å²) in [4.78, 5) is 22.6. The number of esters is 2. The molecule has 1 saturated heterocycles. The maximum absolute atomic E-state index is 11.4. The molecule has 0 radical (unpaired) electrons. The second-order valence-electron chi connectivity index (χ2n) is 3.36. The highest BCUT2D eigenvalue weighted by Gasteiger charge is 2.72. The van der Waals surface area contributed by atoms with Crippen molar-refractivity contribution in [1.82, 2.24) is 0 Å². The van der Waals surface area contributed by atoms with Crippen molar-refractivity contribution in [1.29, 1.82) is 0 Å². The molecule has 13 heavy (non-hydrogen) atoms. The zero-order chi connectivity index (χ0) is 9.47. The number of ether oxygens (including phenoxy) is 2. The molecule has 2 atom stereocenters. The molecule has 1 aliphatic carbocycles. The highest BCUT2D eigenvalue weighted by atomic mass is 16.6. The topological polar surface area (TPSA) is 52.6 Å². The fraction of sp³-hybridized carbons (Fsp3) is 0.556. The van der Waals surface area contributed by atoms with Crippen LogP contribution in [0.2, 0.25) is 0 Å². The van der Waals surface area contributed by atoms with E-state index in [-0.39, 0.29) is 12.5 Å². The van der Waals surface area contributed by atoms with Crippen LogP contribution in [0.4, 0.5) is 0 Å². The van der Waals surface area contributed by atoms with Crippen LogP contribution in [0.3, 0.4) is 0 Å². The van der Waals surface area contributed by atoms with E-state index in [1.54, 1.807) is 0 Å². The summed E-state index contributed by atoms with van der Waals surface area (Å²) in [5.41, 5.74) is -0.941. The van der Waals surface area contributed by atoms with Gasteiger partial charge in [-0.3, -0.25) is 9.59 Å². The van der Waals surface area contributed by atoms with E-state index in [0.29, 0.717) is 13.0 Å². The predicted molar refractivity (Wildman–Crippen MR) is 42.7 cm³/mol. The molecule has 1 saturated carbocycles. The molecule has 1 heterocycles. The van der Waals surface area contributed by atoms with Gasteiger partial charge in [0.05, 0.1) is 6.61 Å². The van der Waals surface area contributed by atoms with Crippen molar-refractivity contribution in [3.63, 3.8) is 0 Å². The lowest BCUT2D eigenvalue weighted by Crippen LogP contribution is -2.27. The molecular weight excluding hydrogens is 172 g/mol. The Labute approximate surface area is 75.5 Å². The van der Waals surface area contributed by atoms with Crippen molar-refractivity contribution in [2.45, 2.75) is 6.42 Å². The van der Waals surface area contributed by atoms with Crippen LogP contribution in [0.25, 0.3) is 0 Å². The molecule has 0 bridgehead atoms. The van der Waals surface area contributed by atoms with Crippen LogP contribution in [-0.4, -0.2) is 25.2 Å². The van der Waals surface area contributed by atoms with Gasteiger partial charge in [0.1, 0.15) is 6.61 Å². The molecular formula is C9H10O4. The lowest BCUT2D eigenvalue weighted by molar-refractivity contribution is -0.159. The van der Waals surface area contributed by atoms with Crippen LogP contribution < -0.4 is 0 Å². The Hall–Kier alpha value is -1.32. The third kappa shape index (κ3) is 0.978. The van der Waals surface area contributed by atoms with Gasteiger partial charge in [-0.2, -0.15) is 0 Å². The Morgan fingerprint density at radius 3 is 3.08 bits per heavy atom. The molecule has 2 fully saturated rings. The SMILES string of the molecule is C=CCOC(=O)[C@]12C[C@H]1COC2=O. The van der Waals surface area contributed by atoms with Crippen LogP contribution in [-0.2, 0) is 19.1 Å². The fourth-order valence-corrected chi connectivity index (χ4v) is 1.68. The molecule has 4 nitrogen and oxygen atoms in total. The van der Waals surface area contributed by atoms with Crippen LogP contribution in [0.15, 0.2) is 12.7 Å². The summed E-state index contributed by atoms with van der Waals surface area (Å²) in [5, 5.41) is 0. The minimum absolute atomic E-state index is 0.0531. The minimum Gasteiger partial charge on any atom is -0.464 e. The Morgan fingerprint density at radius 2 is 2.62 bits per heavy atom. The Morgan fingerprint density at radius 1 is 1.85 bits per heavy atom. The van der Waals surface area contributed by atoms with E-state index in [1.807, 2.05) is 0 Å². The Kier molecular flexibility index (Phi) is 1.65. The molecule has 70 valence electrons. The number of hydrogen-bond donors (Lipinski definition) is 0. The first-order chi connectivity index (χ1) is 6.21. The van der Waals surface area contributed by atoms with Gasteiger partial charge in [0, 0.05) is 5.92 Å². The van der Waals surface area contributed by atoms with Crippen molar-refractivity contribution >= 4 is 11.9 Å². The van der Waals surface area contributed by atoms with Gasteiger partial charge in [-0.1, -0.05) is 12.7 Å². The molecule has 2 aliphatic rings. The number of carbonyl (C=O) groups excluding carboxylic acids is 2. The third-order valence-corrected chi connectivity index (χ3v) is 2.58. The smallest absolute Gasteiger partial charge is 0.324 e. The predicted octanol–water partition coefficient (Wildman–Crippen LogP) is 0.279. The molecule has 0 aromatic rings. The zero-order valence-electron chi connectivity index (χ0n) is 7.12. The number of fused-ring (bicyclic) bond motifs is 1. The van der Waals surface area contributed by atoms with Gasteiger partial charge < -0.3 is 9.47 Å². The highest BCUT2D eigenvalue weighted by Crippen LogP contribution is 2.58. The number of rotatable bonds is 3. The lowest BCUT2D eigenvalue weighted by atomic mass is 10.1.